The van der Waals surface area contributed by atoms with Crippen LogP contribution in [0.15, 0.2) is 15.7 Å². The molecule has 0 unspecified atom stereocenters. The molecule has 0 saturated carbocycles. The lowest BCUT2D eigenvalue weighted by molar-refractivity contribution is 0.312. The van der Waals surface area contributed by atoms with Crippen molar-refractivity contribution in [2.75, 3.05) is 20.2 Å². The highest BCUT2D eigenvalue weighted by molar-refractivity contribution is 5.26. The number of hydrogen-bond acceptors (Lipinski definition) is 4. The van der Waals surface area contributed by atoms with Gasteiger partial charge in [0.25, 0.3) is 5.43 Å². The molecule has 60 valence electrons. The van der Waals surface area contributed by atoms with E-state index in [-0.39, 0.29) is 5.75 Å². The summed E-state index contributed by atoms with van der Waals surface area (Å²) in [5.74, 6) is 0.185. The van der Waals surface area contributed by atoms with Gasteiger partial charge in [-0.3, -0.25) is 9.59 Å². The SMILES string of the molecule is CNCCOc1cc(=O)c1=O. The quantitative estimate of drug-likeness (QED) is 0.442. The second-order valence-electron chi connectivity index (χ2n) is 2.15. The molecule has 0 bridgehead atoms. The number of hydrogen-bond donors (Lipinski definition) is 1. The van der Waals surface area contributed by atoms with E-state index in [2.05, 4.69) is 5.32 Å². The number of ether oxygens (including phenoxy) is 1. The van der Waals surface area contributed by atoms with Gasteiger partial charge in [-0.15, -0.1) is 0 Å². The summed E-state index contributed by atoms with van der Waals surface area (Å²) in [5.41, 5.74) is -0.981. The Morgan fingerprint density at radius 1 is 1.55 bits per heavy atom. The van der Waals surface area contributed by atoms with Gasteiger partial charge < -0.3 is 10.1 Å². The Hall–Kier alpha value is -1.16. The molecule has 0 atom stereocenters. The molecule has 1 N–H and O–H groups in total. The Morgan fingerprint density at radius 3 is 2.73 bits per heavy atom. The number of nitrogens with one attached hydrogen (secondary N) is 1. The van der Waals surface area contributed by atoms with Gasteiger partial charge in [0.15, 0.2) is 5.75 Å². The van der Waals surface area contributed by atoms with E-state index in [0.717, 1.165) is 0 Å². The topological polar surface area (TPSA) is 55.4 Å². The van der Waals surface area contributed by atoms with Crippen LogP contribution in [-0.2, 0) is 0 Å². The van der Waals surface area contributed by atoms with Crippen LogP contribution in [0, 0.1) is 0 Å². The van der Waals surface area contributed by atoms with Crippen LogP contribution < -0.4 is 20.9 Å². The molecule has 0 spiro atoms. The van der Waals surface area contributed by atoms with Gasteiger partial charge in [-0.25, -0.2) is 0 Å². The Morgan fingerprint density at radius 2 is 2.27 bits per heavy atom. The van der Waals surface area contributed by atoms with Gasteiger partial charge in [0.1, 0.15) is 6.61 Å². The summed E-state index contributed by atoms with van der Waals surface area (Å²) in [4.78, 5) is 20.9. The molecule has 0 amide bonds. The van der Waals surface area contributed by atoms with Crippen molar-refractivity contribution in [2.45, 2.75) is 0 Å². The first-order valence-electron chi connectivity index (χ1n) is 3.33. The zero-order valence-electron chi connectivity index (χ0n) is 6.22. The molecular formula is C7H9NO3. The highest BCUT2D eigenvalue weighted by Crippen LogP contribution is 1.97. The summed E-state index contributed by atoms with van der Waals surface area (Å²) in [7, 11) is 1.78. The van der Waals surface area contributed by atoms with Crippen LogP contribution in [0.25, 0.3) is 0 Å². The fourth-order valence-corrected chi connectivity index (χ4v) is 0.664. The van der Waals surface area contributed by atoms with E-state index in [1.807, 2.05) is 0 Å². The third-order valence-corrected chi connectivity index (χ3v) is 1.32. The average Bonchev–Trinajstić information content (AvgIpc) is 2.03. The van der Waals surface area contributed by atoms with Gasteiger partial charge in [-0.05, 0) is 7.05 Å². The van der Waals surface area contributed by atoms with Crippen LogP contribution in [0.3, 0.4) is 0 Å². The standard InChI is InChI=1S/C7H9NO3/c1-8-2-3-11-6-4-5(9)7(6)10/h4,8H,2-3H2,1H3. The number of likely N-dealkylation sites (N-methyl/N-ethyl adjacent to an activating group) is 1. The van der Waals surface area contributed by atoms with Crippen LogP contribution in [0.5, 0.6) is 5.75 Å². The molecule has 0 fully saturated rings. The smallest absolute Gasteiger partial charge is 0.267 e. The maximum Gasteiger partial charge on any atom is 0.267 e. The summed E-state index contributed by atoms with van der Waals surface area (Å²) in [5, 5.41) is 2.85. The average molecular weight is 155 g/mol. The van der Waals surface area contributed by atoms with Crippen LogP contribution in [0.2, 0.25) is 0 Å². The Kier molecular flexibility index (Phi) is 2.38. The fraction of sp³-hybridized carbons (Fsp3) is 0.429. The van der Waals surface area contributed by atoms with Gasteiger partial charge in [0.2, 0.25) is 5.43 Å². The van der Waals surface area contributed by atoms with Crippen molar-refractivity contribution in [3.8, 4) is 5.75 Å². The molecule has 11 heavy (non-hydrogen) atoms. The summed E-state index contributed by atoms with van der Waals surface area (Å²) in [6.45, 7) is 1.08. The normalized spacial score (nSPS) is 10.3. The summed E-state index contributed by atoms with van der Waals surface area (Å²) >= 11 is 0. The lowest BCUT2D eigenvalue weighted by Gasteiger charge is -2.04. The van der Waals surface area contributed by atoms with E-state index in [9.17, 15) is 9.59 Å². The molecule has 0 aromatic heterocycles. The van der Waals surface area contributed by atoms with E-state index in [1.54, 1.807) is 7.05 Å². The second kappa shape index (κ2) is 3.30. The highest BCUT2D eigenvalue weighted by atomic mass is 16.5. The Bertz CT molecular complexity index is 298. The monoisotopic (exact) mass is 155 g/mol. The minimum Gasteiger partial charge on any atom is -0.488 e. The van der Waals surface area contributed by atoms with Crippen molar-refractivity contribution in [2.24, 2.45) is 0 Å². The molecular weight excluding hydrogens is 146 g/mol. The third kappa shape index (κ3) is 1.65. The molecule has 0 aliphatic rings. The molecule has 0 aliphatic carbocycles. The Balaban J connectivity index is 2.37. The van der Waals surface area contributed by atoms with Crippen LogP contribution in [0.4, 0.5) is 0 Å². The van der Waals surface area contributed by atoms with E-state index in [1.165, 1.54) is 6.07 Å². The van der Waals surface area contributed by atoms with Gasteiger partial charge >= 0.3 is 0 Å². The number of rotatable bonds is 4. The van der Waals surface area contributed by atoms with Gasteiger partial charge in [-0.1, -0.05) is 0 Å². The third-order valence-electron chi connectivity index (χ3n) is 1.32. The lowest BCUT2D eigenvalue weighted by atomic mass is 10.3. The van der Waals surface area contributed by atoms with E-state index >= 15 is 0 Å². The van der Waals surface area contributed by atoms with Gasteiger partial charge in [0.05, 0.1) is 0 Å². The highest BCUT2D eigenvalue weighted by Gasteiger charge is 2.09. The van der Waals surface area contributed by atoms with E-state index < -0.39 is 10.9 Å². The van der Waals surface area contributed by atoms with Crippen molar-refractivity contribution in [3.63, 3.8) is 0 Å². The first kappa shape index (κ1) is 7.94. The second-order valence-corrected chi connectivity index (χ2v) is 2.15. The lowest BCUT2D eigenvalue weighted by Crippen LogP contribution is -2.32. The van der Waals surface area contributed by atoms with Crippen LogP contribution >= 0.6 is 0 Å². The zero-order chi connectivity index (χ0) is 8.27. The maximum absolute atomic E-state index is 10.6. The first-order valence-corrected chi connectivity index (χ1v) is 3.33. The van der Waals surface area contributed by atoms with Crippen molar-refractivity contribution < 1.29 is 4.74 Å². The predicted molar refractivity (Wildman–Crippen MR) is 40.8 cm³/mol. The maximum atomic E-state index is 10.6. The summed E-state index contributed by atoms with van der Waals surface area (Å²) in [6, 6.07) is 1.21. The Labute approximate surface area is 63.5 Å². The van der Waals surface area contributed by atoms with Crippen molar-refractivity contribution in [3.05, 3.63) is 26.5 Å². The molecule has 1 rings (SSSR count). The van der Waals surface area contributed by atoms with Gasteiger partial charge in [0, 0.05) is 12.6 Å². The zero-order valence-corrected chi connectivity index (χ0v) is 6.22. The molecule has 1 aromatic carbocycles. The summed E-state index contributed by atoms with van der Waals surface area (Å²) in [6.07, 6.45) is 0. The van der Waals surface area contributed by atoms with Crippen LogP contribution in [-0.4, -0.2) is 20.2 Å². The first-order chi connectivity index (χ1) is 5.25. The fourth-order valence-electron chi connectivity index (χ4n) is 0.664. The molecule has 0 heterocycles. The molecule has 4 nitrogen and oxygen atoms in total. The largest absolute Gasteiger partial charge is 0.488 e. The molecule has 4 heteroatoms. The van der Waals surface area contributed by atoms with Crippen LogP contribution in [0.1, 0.15) is 0 Å². The molecule has 0 saturated heterocycles. The predicted octanol–water partition coefficient (Wildman–Crippen LogP) is -1.12. The van der Waals surface area contributed by atoms with Gasteiger partial charge in [-0.2, -0.15) is 0 Å². The molecule has 1 aromatic rings. The van der Waals surface area contributed by atoms with E-state index in [0.29, 0.717) is 13.2 Å². The van der Waals surface area contributed by atoms with E-state index in [4.69, 9.17) is 4.74 Å². The minimum atomic E-state index is -0.513. The van der Waals surface area contributed by atoms with Crippen molar-refractivity contribution in [1.82, 2.24) is 5.32 Å². The molecule has 0 radical (unpaired) electrons. The molecule has 0 aliphatic heterocycles. The van der Waals surface area contributed by atoms with Crippen molar-refractivity contribution in [1.29, 1.82) is 0 Å². The van der Waals surface area contributed by atoms with Crippen molar-refractivity contribution >= 4 is 0 Å². The summed E-state index contributed by atoms with van der Waals surface area (Å²) < 4.78 is 4.93. The minimum absolute atomic E-state index is 0.185.